The van der Waals surface area contributed by atoms with Crippen LogP contribution in [0.1, 0.15) is 124 Å². The van der Waals surface area contributed by atoms with Crippen molar-refractivity contribution in [1.82, 2.24) is 5.32 Å². The van der Waals surface area contributed by atoms with Crippen LogP contribution in [-0.4, -0.2) is 77.4 Å². The number of allylic oxidation sites excluding steroid dienone is 1. The molecule has 1 unspecified atom stereocenters. The third kappa shape index (κ3) is 19.5. The van der Waals surface area contributed by atoms with E-state index >= 15 is 0 Å². The van der Waals surface area contributed by atoms with Gasteiger partial charge in [0, 0.05) is 26.2 Å². The summed E-state index contributed by atoms with van der Waals surface area (Å²) in [6.07, 6.45) is 10.1. The Bertz CT molecular complexity index is 1460. The van der Waals surface area contributed by atoms with Crippen molar-refractivity contribution < 1.29 is 57.9 Å². The summed E-state index contributed by atoms with van der Waals surface area (Å²) in [6, 6.07) is 5.38. The van der Waals surface area contributed by atoms with Crippen molar-refractivity contribution in [3.63, 3.8) is 0 Å². The van der Waals surface area contributed by atoms with Crippen molar-refractivity contribution >= 4 is 35.6 Å². The fourth-order valence-electron chi connectivity index (χ4n) is 5.52. The summed E-state index contributed by atoms with van der Waals surface area (Å²) in [5.41, 5.74) is -2.43. The predicted molar refractivity (Wildman–Crippen MR) is 205 cm³/mol. The number of ether oxygens (including phenoxy) is 4. The predicted octanol–water partition coefficient (Wildman–Crippen LogP) is 6.03. The molecule has 1 rings (SSSR count). The van der Waals surface area contributed by atoms with E-state index in [1.54, 1.807) is 45.0 Å². The van der Waals surface area contributed by atoms with E-state index in [1.165, 1.54) is 25.5 Å². The van der Waals surface area contributed by atoms with E-state index in [0.29, 0.717) is 37.0 Å². The summed E-state index contributed by atoms with van der Waals surface area (Å²) in [5, 5.41) is 24.2. The van der Waals surface area contributed by atoms with Crippen molar-refractivity contribution in [2.45, 2.75) is 142 Å². The average molecular weight is 772 g/mol. The van der Waals surface area contributed by atoms with Gasteiger partial charge in [0.15, 0.2) is 5.60 Å². The van der Waals surface area contributed by atoms with Crippen LogP contribution in [-0.2, 0) is 49.4 Å². The van der Waals surface area contributed by atoms with Gasteiger partial charge in [-0.15, -0.1) is 5.92 Å². The van der Waals surface area contributed by atoms with E-state index in [2.05, 4.69) is 24.1 Å². The van der Waals surface area contributed by atoms with Gasteiger partial charge in [-0.1, -0.05) is 89.5 Å². The lowest BCUT2D eigenvalue weighted by Crippen LogP contribution is -2.55. The van der Waals surface area contributed by atoms with Gasteiger partial charge in [-0.25, -0.2) is 9.59 Å². The minimum Gasteiger partial charge on any atom is -0.481 e. The molecule has 0 aliphatic carbocycles. The summed E-state index contributed by atoms with van der Waals surface area (Å²) < 4.78 is 20.5. The second-order valence-electron chi connectivity index (χ2n) is 13.8. The number of unbranched alkanes of at least 4 members (excludes halogenated alkanes) is 8. The van der Waals surface area contributed by atoms with E-state index in [1.807, 2.05) is 0 Å². The number of aliphatic hydroxyl groups is 1. The molecule has 306 valence electrons. The Morgan fingerprint density at radius 3 is 2.05 bits per heavy atom. The third-order valence-corrected chi connectivity index (χ3v) is 8.75. The molecule has 3 N–H and O–H groups in total. The lowest BCUT2D eigenvalue weighted by Gasteiger charge is -2.30. The molecular weight excluding hydrogens is 710 g/mol. The highest BCUT2D eigenvalue weighted by molar-refractivity contribution is 5.95. The van der Waals surface area contributed by atoms with Gasteiger partial charge in [0.05, 0.1) is 25.4 Å². The normalized spacial score (nSPS) is 13.7. The van der Waals surface area contributed by atoms with Gasteiger partial charge in [-0.05, 0) is 50.3 Å². The Balaban J connectivity index is 3.13. The van der Waals surface area contributed by atoms with Crippen LogP contribution in [0.5, 0.6) is 5.75 Å². The van der Waals surface area contributed by atoms with E-state index < -0.39 is 66.0 Å². The molecule has 0 spiro atoms. The van der Waals surface area contributed by atoms with Crippen LogP contribution in [0.2, 0.25) is 0 Å². The van der Waals surface area contributed by atoms with E-state index in [4.69, 9.17) is 18.9 Å². The highest BCUT2D eigenvalue weighted by Crippen LogP contribution is 2.27. The number of esters is 3. The maximum atomic E-state index is 13.9. The van der Waals surface area contributed by atoms with Crippen molar-refractivity contribution in [3.8, 4) is 17.6 Å². The Kier molecular flexibility index (Phi) is 23.7. The number of aliphatic carboxylic acids is 1. The summed E-state index contributed by atoms with van der Waals surface area (Å²) in [7, 11) is 1.13. The summed E-state index contributed by atoms with van der Waals surface area (Å²) in [5.74, 6) is -1.79. The number of Topliss-reactive ketones (excluding diaryl/α,β-unsaturated/α-hetero) is 1. The standard InChI is InChI=1S/C42H61NO12/c1-7-9-11-14-17-20-33(44)21-18-15-12-13-16-19-22-35(42(51,41(49)50)29-37(45)54-31(5)55-39(47)30(3)4)38(46)43-36(40(48)52-6)28-32-23-25-34(26-24-32)53-27-10-8-2/h19,22-26,30-31,35-36,51H,7,9,11-18,20-21,27-29H2,1-6H3,(H,43,46)(H,49,50)/t31?,35-,36+,42+/m1/s1. The van der Waals surface area contributed by atoms with E-state index in [0.717, 1.165) is 52.1 Å². The van der Waals surface area contributed by atoms with E-state index in [-0.39, 0.29) is 18.8 Å². The Labute approximate surface area is 325 Å². The Morgan fingerprint density at radius 1 is 0.873 bits per heavy atom. The zero-order chi connectivity index (χ0) is 41.2. The first-order valence-electron chi connectivity index (χ1n) is 19.2. The lowest BCUT2D eigenvalue weighted by atomic mass is 9.82. The number of carboxylic acids is 1. The number of amides is 1. The van der Waals surface area contributed by atoms with Gasteiger partial charge in [0.25, 0.3) is 0 Å². The van der Waals surface area contributed by atoms with Gasteiger partial charge < -0.3 is 34.5 Å². The third-order valence-electron chi connectivity index (χ3n) is 8.75. The molecule has 4 atom stereocenters. The highest BCUT2D eigenvalue weighted by atomic mass is 16.7. The topological polar surface area (TPSA) is 192 Å². The smallest absolute Gasteiger partial charge is 0.337 e. The maximum Gasteiger partial charge on any atom is 0.337 e. The summed E-state index contributed by atoms with van der Waals surface area (Å²) in [6.45, 7) is 8.43. The van der Waals surface area contributed by atoms with Crippen molar-refractivity contribution in [1.29, 1.82) is 0 Å². The van der Waals surface area contributed by atoms with Crippen molar-refractivity contribution in [2.24, 2.45) is 11.8 Å². The molecule has 0 fully saturated rings. The molecule has 0 aromatic heterocycles. The van der Waals surface area contributed by atoms with Crippen LogP contribution < -0.4 is 10.1 Å². The van der Waals surface area contributed by atoms with Crippen LogP contribution in [0.4, 0.5) is 0 Å². The first kappa shape index (κ1) is 48.3. The van der Waals surface area contributed by atoms with Gasteiger partial charge in [0.1, 0.15) is 24.2 Å². The van der Waals surface area contributed by atoms with Gasteiger partial charge in [0.2, 0.25) is 12.2 Å². The molecule has 13 heteroatoms. The Hall–Kier alpha value is -4.70. The molecule has 13 nitrogen and oxygen atoms in total. The number of nitrogens with one attached hydrogen (secondary N) is 1. The molecule has 1 aromatic carbocycles. The van der Waals surface area contributed by atoms with Crippen molar-refractivity contribution in [2.75, 3.05) is 13.7 Å². The van der Waals surface area contributed by atoms with Crippen LogP contribution in [0.15, 0.2) is 36.4 Å². The molecule has 0 heterocycles. The van der Waals surface area contributed by atoms with Crippen LogP contribution >= 0.6 is 0 Å². The molecule has 0 radical (unpaired) electrons. The Morgan fingerprint density at radius 2 is 1.49 bits per heavy atom. The number of ketones is 1. The maximum absolute atomic E-state index is 13.9. The summed E-state index contributed by atoms with van der Waals surface area (Å²) >= 11 is 0. The SMILES string of the molecule is CC#CCOc1ccc(C[C@H](NC(=O)[C@@H](C=CCCCCCCC(=O)CCCCCCC)[C@@](O)(CC(=O)OC(C)OC(=O)C(C)C)C(=O)O)C(=O)OC)cc1. The van der Waals surface area contributed by atoms with Crippen LogP contribution in [0.3, 0.4) is 0 Å². The van der Waals surface area contributed by atoms with Crippen LogP contribution in [0.25, 0.3) is 0 Å². The van der Waals surface area contributed by atoms with Gasteiger partial charge in [-0.3, -0.25) is 19.2 Å². The molecule has 0 aliphatic heterocycles. The second kappa shape index (κ2) is 27.0. The number of rotatable bonds is 28. The number of methoxy groups -OCH3 is 1. The molecule has 1 amide bonds. The average Bonchev–Trinajstić information content (AvgIpc) is 3.13. The number of carbonyl (C=O) groups is 6. The number of hydrogen-bond acceptors (Lipinski definition) is 11. The number of hydrogen-bond donors (Lipinski definition) is 3. The fourth-order valence-corrected chi connectivity index (χ4v) is 5.52. The molecule has 0 saturated carbocycles. The minimum atomic E-state index is -3.03. The van der Waals surface area contributed by atoms with Crippen LogP contribution in [0, 0.1) is 23.7 Å². The minimum absolute atomic E-state index is 0.0580. The monoisotopic (exact) mass is 771 g/mol. The van der Waals surface area contributed by atoms with Gasteiger partial charge >= 0.3 is 23.9 Å². The summed E-state index contributed by atoms with van der Waals surface area (Å²) in [4.78, 5) is 76.4. The van der Waals surface area contributed by atoms with E-state index in [9.17, 15) is 39.0 Å². The first-order valence-corrected chi connectivity index (χ1v) is 19.2. The second-order valence-corrected chi connectivity index (χ2v) is 13.8. The number of benzene rings is 1. The molecular formula is C42H61NO12. The quantitative estimate of drug-likeness (QED) is 0.0295. The fraction of sp³-hybridized carbons (Fsp3) is 0.619. The lowest BCUT2D eigenvalue weighted by molar-refractivity contribution is -0.193. The van der Waals surface area contributed by atoms with Crippen molar-refractivity contribution in [3.05, 3.63) is 42.0 Å². The molecule has 0 saturated heterocycles. The zero-order valence-electron chi connectivity index (χ0n) is 33.4. The van der Waals surface area contributed by atoms with Gasteiger partial charge in [-0.2, -0.15) is 0 Å². The first-order chi connectivity index (χ1) is 26.2. The molecule has 55 heavy (non-hydrogen) atoms. The largest absolute Gasteiger partial charge is 0.481 e. The molecule has 1 aromatic rings. The molecule has 0 bridgehead atoms. The number of carbonyl (C=O) groups excluding carboxylic acids is 5. The zero-order valence-corrected chi connectivity index (χ0v) is 33.4. The molecule has 0 aliphatic rings. The highest BCUT2D eigenvalue weighted by Gasteiger charge is 2.50. The number of carboxylic acid groups (broad SMARTS) is 1.